The number of aliphatic hydroxyl groups excluding tert-OH is 1. The van der Waals surface area contributed by atoms with E-state index < -0.39 is 29.9 Å². The summed E-state index contributed by atoms with van der Waals surface area (Å²) in [6.45, 7) is 16.2. The molecule has 16 heteroatoms. The standard InChI is InChI=1S/C40H54N10O6/c1-6-49(7-2)20-10-18-41-36(52)28-22-29(37(53)42-19-11-21-50(8-3)9-4)24-32(23-28)44-38(54)27-12-14-30(15-13-27)47-48-35(26(5)51)39(55)43-31-16-17-33-34(25-31)46-40(56)45-33/h12-17,22-25,35-36,41,52H,6-11,18-21H2,1-5H3,(H,42,53)(H,43,55)(H,44,54)(H2,45,46,56). The van der Waals surface area contributed by atoms with Crippen LogP contribution in [-0.2, 0) is 9.59 Å². The maximum Gasteiger partial charge on any atom is 0.323 e. The molecule has 0 aliphatic heterocycles. The number of benzene rings is 3. The Hall–Kier alpha value is -5.55. The molecule has 0 saturated heterocycles. The predicted octanol–water partition coefficient (Wildman–Crippen LogP) is 4.56. The first-order chi connectivity index (χ1) is 26.9. The van der Waals surface area contributed by atoms with Crippen LogP contribution in [0.2, 0.25) is 0 Å². The van der Waals surface area contributed by atoms with Gasteiger partial charge >= 0.3 is 5.69 Å². The number of aromatic nitrogens is 2. The number of amides is 3. The molecule has 7 N–H and O–H groups in total. The van der Waals surface area contributed by atoms with Crippen LogP contribution in [-0.4, -0.2) is 107 Å². The number of nitrogens with zero attached hydrogens (tertiary/aromatic N) is 4. The minimum absolute atomic E-state index is 0.269. The monoisotopic (exact) mass is 770 g/mol. The molecule has 2 unspecified atom stereocenters. The average molecular weight is 771 g/mol. The van der Waals surface area contributed by atoms with Gasteiger partial charge in [0, 0.05) is 29.0 Å². The van der Waals surface area contributed by atoms with Crippen molar-refractivity contribution in [2.24, 2.45) is 10.2 Å². The smallest absolute Gasteiger partial charge is 0.323 e. The first-order valence-electron chi connectivity index (χ1n) is 19.1. The minimum atomic E-state index is -1.44. The van der Waals surface area contributed by atoms with E-state index in [9.17, 15) is 29.1 Å². The number of hydrogen-bond acceptors (Lipinski definition) is 11. The van der Waals surface area contributed by atoms with Crippen molar-refractivity contribution < 1.29 is 24.3 Å². The summed E-state index contributed by atoms with van der Waals surface area (Å²) in [4.78, 5) is 73.2. The fraction of sp³-hybridized carbons (Fsp3) is 0.425. The lowest BCUT2D eigenvalue weighted by Crippen LogP contribution is -2.31. The second-order valence-electron chi connectivity index (χ2n) is 13.3. The third-order valence-electron chi connectivity index (χ3n) is 9.34. The van der Waals surface area contributed by atoms with Crippen LogP contribution in [0.15, 0.2) is 75.7 Å². The molecule has 4 aromatic rings. The van der Waals surface area contributed by atoms with Gasteiger partial charge < -0.3 is 40.8 Å². The van der Waals surface area contributed by atoms with E-state index in [-0.39, 0.29) is 17.2 Å². The van der Waals surface area contributed by atoms with Gasteiger partial charge in [-0.05, 0) is 132 Å². The molecular weight excluding hydrogens is 717 g/mol. The highest BCUT2D eigenvalue weighted by molar-refractivity contribution is 6.10. The third kappa shape index (κ3) is 12.8. The minimum Gasteiger partial charge on any atom is -0.374 e. The zero-order valence-electron chi connectivity index (χ0n) is 32.8. The fourth-order valence-electron chi connectivity index (χ4n) is 6.00. The molecule has 2 atom stereocenters. The average Bonchev–Trinajstić information content (AvgIpc) is 3.57. The van der Waals surface area contributed by atoms with Gasteiger partial charge in [-0.1, -0.05) is 27.7 Å². The number of hydrogen-bond donors (Lipinski definition) is 7. The fourth-order valence-corrected chi connectivity index (χ4v) is 6.00. The Morgan fingerprint density at radius 2 is 1.38 bits per heavy atom. The summed E-state index contributed by atoms with van der Waals surface area (Å²) in [5.74, 6) is -2.03. The quantitative estimate of drug-likeness (QED) is 0.0258. The molecule has 16 nitrogen and oxygen atoms in total. The molecule has 3 amide bonds. The number of fused-ring (bicyclic) bond motifs is 1. The lowest BCUT2D eigenvalue weighted by atomic mass is 10.1. The lowest BCUT2D eigenvalue weighted by molar-refractivity contribution is -0.126. The molecule has 3 aromatic carbocycles. The maximum absolute atomic E-state index is 13.4. The Bertz CT molecular complexity index is 2020. The Kier molecular flexibility index (Phi) is 16.6. The number of anilines is 2. The van der Waals surface area contributed by atoms with Crippen LogP contribution < -0.4 is 27.0 Å². The first-order valence-corrected chi connectivity index (χ1v) is 19.1. The zero-order valence-corrected chi connectivity index (χ0v) is 32.8. The molecule has 0 aliphatic rings. The summed E-state index contributed by atoms with van der Waals surface area (Å²) in [5.41, 5.74) is 2.64. The maximum atomic E-state index is 13.4. The second-order valence-corrected chi connectivity index (χ2v) is 13.3. The highest BCUT2D eigenvalue weighted by Gasteiger charge is 2.23. The van der Waals surface area contributed by atoms with E-state index in [1.165, 1.54) is 31.2 Å². The molecule has 4 rings (SSSR count). The van der Waals surface area contributed by atoms with E-state index in [1.54, 1.807) is 36.4 Å². The zero-order chi connectivity index (χ0) is 40.6. The second kappa shape index (κ2) is 21.5. The van der Waals surface area contributed by atoms with Crippen molar-refractivity contribution in [3.63, 3.8) is 0 Å². The molecule has 0 fully saturated rings. The van der Waals surface area contributed by atoms with Crippen LogP contribution in [0.4, 0.5) is 17.1 Å². The topological polar surface area (TPSA) is 216 Å². The number of carbonyl (C=O) groups is 4. The number of azo groups is 1. The van der Waals surface area contributed by atoms with E-state index >= 15 is 0 Å². The van der Waals surface area contributed by atoms with Gasteiger partial charge in [0.15, 0.2) is 5.78 Å². The van der Waals surface area contributed by atoms with Crippen molar-refractivity contribution in [2.45, 2.75) is 59.7 Å². The van der Waals surface area contributed by atoms with Crippen LogP contribution in [0, 0.1) is 0 Å². The SMILES string of the molecule is CCN(CC)CCCNC(=O)c1cc(NC(=O)c2ccc(N=NC(C(C)=O)C(=O)Nc3ccc4[nH]c(=O)[nH]c4c3)cc2)cc(C(O)NCCCN(CC)CC)c1. The van der Waals surface area contributed by atoms with E-state index in [0.29, 0.717) is 52.3 Å². The van der Waals surface area contributed by atoms with Crippen molar-refractivity contribution in [3.8, 4) is 0 Å². The van der Waals surface area contributed by atoms with Crippen molar-refractivity contribution in [1.29, 1.82) is 0 Å². The Morgan fingerprint density at radius 3 is 2.02 bits per heavy atom. The van der Waals surface area contributed by atoms with Crippen molar-refractivity contribution in [3.05, 3.63) is 87.8 Å². The molecule has 1 aromatic heterocycles. The summed E-state index contributed by atoms with van der Waals surface area (Å²) < 4.78 is 0. The van der Waals surface area contributed by atoms with Gasteiger partial charge in [0.1, 0.15) is 6.23 Å². The summed E-state index contributed by atoms with van der Waals surface area (Å²) >= 11 is 0. The van der Waals surface area contributed by atoms with Crippen LogP contribution in [0.3, 0.4) is 0 Å². The Balaban J connectivity index is 1.43. The number of aliphatic hydroxyl groups is 1. The van der Waals surface area contributed by atoms with E-state index in [2.05, 4.69) is 79.0 Å². The van der Waals surface area contributed by atoms with Crippen molar-refractivity contribution in [2.75, 3.05) is 63.0 Å². The third-order valence-corrected chi connectivity index (χ3v) is 9.34. The van der Waals surface area contributed by atoms with Gasteiger partial charge in [-0.2, -0.15) is 10.2 Å². The van der Waals surface area contributed by atoms with Crippen LogP contribution in [0.25, 0.3) is 11.0 Å². The molecule has 0 radical (unpaired) electrons. The number of H-pyrrole nitrogens is 2. The number of nitrogens with one attached hydrogen (secondary N) is 6. The number of Topliss-reactive ketones (excluding diaryl/α,β-unsaturated/α-hetero) is 1. The number of ketones is 1. The Labute approximate surface area is 326 Å². The normalized spacial score (nSPS) is 12.6. The van der Waals surface area contributed by atoms with Crippen molar-refractivity contribution in [1.82, 2.24) is 30.4 Å². The van der Waals surface area contributed by atoms with Crippen molar-refractivity contribution >= 4 is 51.6 Å². The molecule has 1 heterocycles. The molecule has 0 bridgehead atoms. The summed E-state index contributed by atoms with van der Waals surface area (Å²) in [6, 6.07) is 14.2. The predicted molar refractivity (Wildman–Crippen MR) is 217 cm³/mol. The number of aromatic amines is 2. The van der Waals surface area contributed by atoms with E-state index in [4.69, 9.17) is 0 Å². The van der Waals surface area contributed by atoms with Crippen LogP contribution in [0.5, 0.6) is 0 Å². The summed E-state index contributed by atoms with van der Waals surface area (Å²) in [7, 11) is 0. The van der Waals surface area contributed by atoms with E-state index in [0.717, 1.165) is 52.1 Å². The Morgan fingerprint density at radius 1 is 0.732 bits per heavy atom. The van der Waals surface area contributed by atoms with Gasteiger partial charge in [0.05, 0.1) is 16.7 Å². The summed E-state index contributed by atoms with van der Waals surface area (Å²) in [6.07, 6.45) is 0.528. The number of carbonyl (C=O) groups excluding carboxylic acids is 4. The number of imidazole rings is 1. The highest BCUT2D eigenvalue weighted by atomic mass is 16.3. The summed E-state index contributed by atoms with van der Waals surface area (Å²) in [5, 5.41) is 30.6. The molecular formula is C40H54N10O6. The van der Waals surface area contributed by atoms with Gasteiger partial charge in [0.2, 0.25) is 6.04 Å². The number of rotatable bonds is 22. The first kappa shape index (κ1) is 43.2. The van der Waals surface area contributed by atoms with Gasteiger partial charge in [-0.3, -0.25) is 24.5 Å². The lowest BCUT2D eigenvalue weighted by Gasteiger charge is -2.20. The van der Waals surface area contributed by atoms with Crippen LogP contribution >= 0.6 is 0 Å². The van der Waals surface area contributed by atoms with Crippen LogP contribution in [0.1, 0.15) is 80.0 Å². The molecule has 0 aliphatic carbocycles. The highest BCUT2D eigenvalue weighted by Crippen LogP contribution is 2.22. The largest absolute Gasteiger partial charge is 0.374 e. The molecule has 0 spiro atoms. The van der Waals surface area contributed by atoms with Gasteiger partial charge in [0.25, 0.3) is 17.7 Å². The van der Waals surface area contributed by atoms with Gasteiger partial charge in [-0.15, -0.1) is 0 Å². The molecule has 0 saturated carbocycles. The van der Waals surface area contributed by atoms with Gasteiger partial charge in [-0.25, -0.2) is 4.79 Å². The molecule has 300 valence electrons. The van der Waals surface area contributed by atoms with E-state index in [1.807, 2.05) is 0 Å². The molecule has 56 heavy (non-hydrogen) atoms.